The number of thiazole rings is 1. The minimum atomic E-state index is -0.0145. The summed E-state index contributed by atoms with van der Waals surface area (Å²) in [5, 5.41) is 14.0. The summed E-state index contributed by atoms with van der Waals surface area (Å²) in [7, 11) is 0. The Bertz CT molecular complexity index is 367. The van der Waals surface area contributed by atoms with Gasteiger partial charge in [0, 0.05) is 36.2 Å². The zero-order chi connectivity index (χ0) is 13.0. The summed E-state index contributed by atoms with van der Waals surface area (Å²) in [4.78, 5) is 7.98. The van der Waals surface area contributed by atoms with E-state index in [1.165, 1.54) is 11.3 Å². The van der Waals surface area contributed by atoms with E-state index in [1.807, 2.05) is 6.20 Å². The summed E-state index contributed by atoms with van der Waals surface area (Å²) in [6, 6.07) is 0. The Morgan fingerprint density at radius 2 is 2.17 bits per heavy atom. The Morgan fingerprint density at radius 1 is 1.44 bits per heavy atom. The summed E-state index contributed by atoms with van der Waals surface area (Å²) in [6.07, 6.45) is 5.35. The lowest BCUT2D eigenvalue weighted by molar-refractivity contribution is 0.0875. The Morgan fingerprint density at radius 3 is 2.67 bits per heavy atom. The van der Waals surface area contributed by atoms with Crippen LogP contribution in [0.15, 0.2) is 6.20 Å². The van der Waals surface area contributed by atoms with Crippen LogP contribution in [0.5, 0.6) is 0 Å². The minimum Gasteiger partial charge on any atom is -0.394 e. The lowest BCUT2D eigenvalue weighted by Crippen LogP contribution is -2.53. The van der Waals surface area contributed by atoms with E-state index in [4.69, 9.17) is 0 Å². The first-order valence-corrected chi connectivity index (χ1v) is 7.60. The fourth-order valence-corrected chi connectivity index (χ4v) is 3.27. The molecule has 1 aliphatic rings. The van der Waals surface area contributed by atoms with Gasteiger partial charge in [0.25, 0.3) is 0 Å². The molecule has 0 unspecified atom stereocenters. The van der Waals surface area contributed by atoms with Crippen LogP contribution in [-0.2, 0) is 6.54 Å². The zero-order valence-corrected chi connectivity index (χ0v) is 12.1. The number of hydrogen-bond donors (Lipinski definition) is 2. The van der Waals surface area contributed by atoms with Gasteiger partial charge in [-0.25, -0.2) is 4.98 Å². The van der Waals surface area contributed by atoms with Gasteiger partial charge in [-0.15, -0.1) is 11.3 Å². The Balaban J connectivity index is 1.90. The molecule has 2 N–H and O–H groups in total. The fourth-order valence-electron chi connectivity index (χ4n) is 2.29. The number of aliphatic hydroxyl groups excluding tert-OH is 1. The molecule has 1 heterocycles. The summed E-state index contributed by atoms with van der Waals surface area (Å²) in [5.41, 5.74) is -0.0145. The first kappa shape index (κ1) is 13.8. The molecule has 0 amide bonds. The van der Waals surface area contributed by atoms with Crippen molar-refractivity contribution in [2.24, 2.45) is 0 Å². The molecule has 102 valence electrons. The van der Waals surface area contributed by atoms with Crippen LogP contribution >= 0.6 is 11.3 Å². The second kappa shape index (κ2) is 5.99. The standard InChI is InChI=1S/C13H23N3OS/c1-3-16(4-2)12-14-8-11(18-12)9-15-13(10-17)6-5-7-13/h8,15,17H,3-7,9-10H2,1-2H3. The van der Waals surface area contributed by atoms with Gasteiger partial charge in [0.05, 0.1) is 6.61 Å². The molecule has 1 aliphatic carbocycles. The molecular formula is C13H23N3OS. The molecule has 18 heavy (non-hydrogen) atoms. The molecule has 4 nitrogen and oxygen atoms in total. The highest BCUT2D eigenvalue weighted by molar-refractivity contribution is 7.15. The zero-order valence-electron chi connectivity index (χ0n) is 11.3. The van der Waals surface area contributed by atoms with Gasteiger partial charge in [-0.2, -0.15) is 0 Å². The molecular weight excluding hydrogens is 246 g/mol. The third kappa shape index (κ3) is 2.84. The van der Waals surface area contributed by atoms with Gasteiger partial charge in [-0.3, -0.25) is 0 Å². The monoisotopic (exact) mass is 269 g/mol. The molecule has 5 heteroatoms. The highest BCUT2D eigenvalue weighted by atomic mass is 32.1. The van der Waals surface area contributed by atoms with Crippen molar-refractivity contribution in [2.75, 3.05) is 24.6 Å². The highest BCUT2D eigenvalue weighted by Gasteiger charge is 2.35. The predicted octanol–water partition coefficient (Wildman–Crippen LogP) is 1.99. The van der Waals surface area contributed by atoms with Crippen LogP contribution in [0.3, 0.4) is 0 Å². The van der Waals surface area contributed by atoms with Crippen molar-refractivity contribution in [2.45, 2.75) is 45.2 Å². The second-order valence-corrected chi connectivity index (χ2v) is 6.02. The number of rotatable bonds is 7. The second-order valence-electron chi connectivity index (χ2n) is 4.93. The molecule has 1 saturated carbocycles. The highest BCUT2D eigenvalue weighted by Crippen LogP contribution is 2.32. The van der Waals surface area contributed by atoms with Crippen LogP contribution in [0.2, 0.25) is 0 Å². The van der Waals surface area contributed by atoms with Crippen LogP contribution in [0.4, 0.5) is 5.13 Å². The summed E-state index contributed by atoms with van der Waals surface area (Å²) >= 11 is 1.75. The molecule has 2 rings (SSSR count). The van der Waals surface area contributed by atoms with E-state index in [0.717, 1.165) is 37.6 Å². The van der Waals surface area contributed by atoms with Crippen LogP contribution in [0, 0.1) is 0 Å². The van der Waals surface area contributed by atoms with E-state index in [1.54, 1.807) is 11.3 Å². The van der Waals surface area contributed by atoms with Crippen molar-refractivity contribution in [1.29, 1.82) is 0 Å². The van der Waals surface area contributed by atoms with Gasteiger partial charge in [0.15, 0.2) is 5.13 Å². The molecule has 0 aromatic carbocycles. The molecule has 0 spiro atoms. The molecule has 0 radical (unpaired) electrons. The average molecular weight is 269 g/mol. The van der Waals surface area contributed by atoms with Crippen molar-refractivity contribution >= 4 is 16.5 Å². The predicted molar refractivity (Wildman–Crippen MR) is 76.2 cm³/mol. The van der Waals surface area contributed by atoms with Crippen molar-refractivity contribution in [3.05, 3.63) is 11.1 Å². The number of aliphatic hydroxyl groups is 1. The van der Waals surface area contributed by atoms with Gasteiger partial charge in [-0.05, 0) is 33.1 Å². The first-order chi connectivity index (χ1) is 8.73. The lowest BCUT2D eigenvalue weighted by atomic mass is 9.77. The van der Waals surface area contributed by atoms with Crippen molar-refractivity contribution in [3.63, 3.8) is 0 Å². The van der Waals surface area contributed by atoms with Gasteiger partial charge in [0.1, 0.15) is 0 Å². The molecule has 0 aliphatic heterocycles. The number of aromatic nitrogens is 1. The largest absolute Gasteiger partial charge is 0.394 e. The molecule has 1 aromatic heterocycles. The number of anilines is 1. The van der Waals surface area contributed by atoms with Crippen LogP contribution < -0.4 is 10.2 Å². The summed E-state index contributed by atoms with van der Waals surface area (Å²) in [5.74, 6) is 0. The molecule has 1 fully saturated rings. The maximum absolute atomic E-state index is 9.40. The molecule has 0 saturated heterocycles. The fraction of sp³-hybridized carbons (Fsp3) is 0.769. The lowest BCUT2D eigenvalue weighted by Gasteiger charge is -2.41. The smallest absolute Gasteiger partial charge is 0.185 e. The quantitative estimate of drug-likeness (QED) is 0.795. The minimum absolute atomic E-state index is 0.0145. The average Bonchev–Trinajstić information content (AvgIpc) is 2.79. The SMILES string of the molecule is CCN(CC)c1ncc(CNC2(CO)CCC2)s1. The van der Waals surface area contributed by atoms with Gasteiger partial charge >= 0.3 is 0 Å². The van der Waals surface area contributed by atoms with E-state index in [-0.39, 0.29) is 12.1 Å². The molecule has 0 atom stereocenters. The maximum Gasteiger partial charge on any atom is 0.185 e. The Hall–Kier alpha value is -0.650. The van der Waals surface area contributed by atoms with Crippen LogP contribution in [0.25, 0.3) is 0 Å². The maximum atomic E-state index is 9.40. The van der Waals surface area contributed by atoms with Crippen LogP contribution in [-0.4, -0.2) is 35.3 Å². The van der Waals surface area contributed by atoms with E-state index in [2.05, 4.69) is 29.0 Å². The molecule has 0 bridgehead atoms. The number of nitrogens with one attached hydrogen (secondary N) is 1. The first-order valence-electron chi connectivity index (χ1n) is 6.78. The van der Waals surface area contributed by atoms with Gasteiger partial charge < -0.3 is 15.3 Å². The summed E-state index contributed by atoms with van der Waals surface area (Å²) < 4.78 is 0. The Labute approximate surface area is 113 Å². The van der Waals surface area contributed by atoms with E-state index in [0.29, 0.717) is 0 Å². The van der Waals surface area contributed by atoms with E-state index >= 15 is 0 Å². The normalized spacial score (nSPS) is 17.5. The topological polar surface area (TPSA) is 48.4 Å². The summed E-state index contributed by atoms with van der Waals surface area (Å²) in [6.45, 7) is 7.36. The third-order valence-corrected chi connectivity index (χ3v) is 4.88. The van der Waals surface area contributed by atoms with Crippen molar-refractivity contribution in [3.8, 4) is 0 Å². The van der Waals surface area contributed by atoms with Crippen molar-refractivity contribution in [1.82, 2.24) is 10.3 Å². The van der Waals surface area contributed by atoms with E-state index in [9.17, 15) is 5.11 Å². The third-order valence-electron chi connectivity index (χ3n) is 3.83. The van der Waals surface area contributed by atoms with Gasteiger partial charge in [0.2, 0.25) is 0 Å². The van der Waals surface area contributed by atoms with Crippen molar-refractivity contribution < 1.29 is 5.11 Å². The van der Waals surface area contributed by atoms with E-state index < -0.39 is 0 Å². The number of nitrogens with zero attached hydrogens (tertiary/aromatic N) is 2. The Kier molecular flexibility index (Phi) is 4.59. The number of hydrogen-bond acceptors (Lipinski definition) is 5. The van der Waals surface area contributed by atoms with Gasteiger partial charge in [-0.1, -0.05) is 0 Å². The molecule has 1 aromatic rings. The van der Waals surface area contributed by atoms with Crippen LogP contribution in [0.1, 0.15) is 38.0 Å².